The molecule has 0 amide bonds. The molecule has 0 atom stereocenters. The molecule has 0 saturated heterocycles. The van der Waals surface area contributed by atoms with E-state index in [4.69, 9.17) is 0 Å². The molecule has 1 aliphatic carbocycles. The van der Waals surface area contributed by atoms with Crippen molar-refractivity contribution in [1.29, 1.82) is 0 Å². The number of nitrogens with one attached hydrogen (secondary N) is 1. The van der Waals surface area contributed by atoms with E-state index in [0.29, 0.717) is 18.4 Å². The summed E-state index contributed by atoms with van der Waals surface area (Å²) in [7, 11) is 1.65. The maximum absolute atomic E-state index is 12.2. The molecule has 0 unspecified atom stereocenters. The van der Waals surface area contributed by atoms with Crippen molar-refractivity contribution in [2.45, 2.75) is 38.0 Å². The van der Waals surface area contributed by atoms with Crippen molar-refractivity contribution in [2.75, 3.05) is 18.5 Å². The molecule has 2 rings (SSSR count). The molecule has 1 aromatic heterocycles. The Bertz CT molecular complexity index is 416. The third-order valence-corrected chi connectivity index (χ3v) is 3.12. The fourth-order valence-electron chi connectivity index (χ4n) is 1.85. The molecule has 1 saturated carbocycles. The molecule has 1 aromatic rings. The summed E-state index contributed by atoms with van der Waals surface area (Å²) in [5.41, 5.74) is 0.944. The molecule has 0 spiro atoms. The molecule has 3 nitrogen and oxygen atoms in total. The van der Waals surface area contributed by atoms with E-state index in [2.05, 4.69) is 10.3 Å². The Morgan fingerprint density at radius 2 is 2.16 bits per heavy atom. The van der Waals surface area contributed by atoms with Gasteiger partial charge in [-0.2, -0.15) is 13.2 Å². The second-order valence-electron chi connectivity index (χ2n) is 4.93. The van der Waals surface area contributed by atoms with E-state index >= 15 is 0 Å². The van der Waals surface area contributed by atoms with Crippen LogP contribution in [-0.4, -0.2) is 30.8 Å². The van der Waals surface area contributed by atoms with Crippen molar-refractivity contribution in [2.24, 2.45) is 0 Å². The first-order valence-corrected chi connectivity index (χ1v) is 6.41. The number of anilines is 1. The van der Waals surface area contributed by atoms with E-state index in [1.165, 1.54) is 12.8 Å². The van der Waals surface area contributed by atoms with Crippen LogP contribution in [0.1, 0.15) is 24.8 Å². The Morgan fingerprint density at radius 1 is 1.42 bits per heavy atom. The monoisotopic (exact) mass is 273 g/mol. The molecule has 1 N–H and O–H groups in total. The van der Waals surface area contributed by atoms with E-state index in [9.17, 15) is 13.2 Å². The second kappa shape index (κ2) is 5.77. The van der Waals surface area contributed by atoms with Crippen LogP contribution in [0, 0.1) is 0 Å². The third kappa shape index (κ3) is 4.70. The summed E-state index contributed by atoms with van der Waals surface area (Å²) in [5.74, 6) is 0.625. The lowest BCUT2D eigenvalue weighted by atomic mass is 10.2. The Hall–Kier alpha value is -1.30. The highest BCUT2D eigenvalue weighted by Crippen LogP contribution is 2.24. The second-order valence-corrected chi connectivity index (χ2v) is 4.93. The minimum absolute atomic E-state index is 0.0725. The zero-order valence-electron chi connectivity index (χ0n) is 10.9. The van der Waals surface area contributed by atoms with Gasteiger partial charge in [0.1, 0.15) is 5.82 Å². The highest BCUT2D eigenvalue weighted by atomic mass is 19.4. The van der Waals surface area contributed by atoms with Gasteiger partial charge >= 0.3 is 6.18 Å². The van der Waals surface area contributed by atoms with Gasteiger partial charge in [0.2, 0.25) is 0 Å². The van der Waals surface area contributed by atoms with Crippen LogP contribution in [0.2, 0.25) is 0 Å². The van der Waals surface area contributed by atoms with Crippen LogP contribution >= 0.6 is 0 Å². The first-order valence-electron chi connectivity index (χ1n) is 6.41. The Labute approximate surface area is 110 Å². The molecule has 106 valence electrons. The lowest BCUT2D eigenvalue weighted by Gasteiger charge is -2.22. The average Bonchev–Trinajstić information content (AvgIpc) is 3.17. The van der Waals surface area contributed by atoms with Crippen molar-refractivity contribution < 1.29 is 13.2 Å². The van der Waals surface area contributed by atoms with Gasteiger partial charge in [0.05, 0.1) is 6.42 Å². The van der Waals surface area contributed by atoms with Gasteiger partial charge in [0, 0.05) is 37.9 Å². The molecule has 1 heterocycles. The number of aromatic nitrogens is 1. The zero-order valence-corrected chi connectivity index (χ0v) is 10.9. The van der Waals surface area contributed by atoms with Gasteiger partial charge in [-0.05, 0) is 18.9 Å². The summed E-state index contributed by atoms with van der Waals surface area (Å²) < 4.78 is 36.7. The summed E-state index contributed by atoms with van der Waals surface area (Å²) in [6, 6.07) is 4.28. The van der Waals surface area contributed by atoms with Crippen LogP contribution in [-0.2, 0) is 6.54 Å². The first kappa shape index (κ1) is 14.1. The van der Waals surface area contributed by atoms with Crippen molar-refractivity contribution in [3.8, 4) is 0 Å². The Balaban J connectivity index is 1.96. The minimum Gasteiger partial charge on any atom is -0.359 e. The van der Waals surface area contributed by atoms with Crippen LogP contribution in [0.25, 0.3) is 0 Å². The van der Waals surface area contributed by atoms with Gasteiger partial charge in [0.15, 0.2) is 0 Å². The largest absolute Gasteiger partial charge is 0.390 e. The molecule has 1 aliphatic rings. The number of alkyl halides is 3. The van der Waals surface area contributed by atoms with Gasteiger partial charge in [-0.15, -0.1) is 0 Å². The SMILES string of the molecule is CN(CCC(F)(F)F)c1ncccc1CNC1CC1. The number of pyridine rings is 1. The van der Waals surface area contributed by atoms with Gasteiger partial charge in [-0.25, -0.2) is 4.98 Å². The lowest BCUT2D eigenvalue weighted by molar-refractivity contribution is -0.132. The van der Waals surface area contributed by atoms with E-state index < -0.39 is 12.6 Å². The molecule has 19 heavy (non-hydrogen) atoms. The molecule has 6 heteroatoms. The van der Waals surface area contributed by atoms with Crippen LogP contribution in [0.4, 0.5) is 19.0 Å². The zero-order chi connectivity index (χ0) is 13.9. The van der Waals surface area contributed by atoms with Gasteiger partial charge in [0.25, 0.3) is 0 Å². The topological polar surface area (TPSA) is 28.2 Å². The number of rotatable bonds is 6. The molecule has 0 radical (unpaired) electrons. The maximum Gasteiger partial charge on any atom is 0.390 e. The van der Waals surface area contributed by atoms with Crippen LogP contribution < -0.4 is 10.2 Å². The lowest BCUT2D eigenvalue weighted by Crippen LogP contribution is -2.27. The molecular weight excluding hydrogens is 255 g/mol. The van der Waals surface area contributed by atoms with E-state index in [0.717, 1.165) is 5.56 Å². The average molecular weight is 273 g/mol. The molecular formula is C13H18F3N3. The third-order valence-electron chi connectivity index (χ3n) is 3.12. The Morgan fingerprint density at radius 3 is 2.79 bits per heavy atom. The number of halogens is 3. The van der Waals surface area contributed by atoms with E-state index in [1.807, 2.05) is 12.1 Å². The van der Waals surface area contributed by atoms with Crippen molar-refractivity contribution >= 4 is 5.82 Å². The van der Waals surface area contributed by atoms with Crippen molar-refractivity contribution in [3.05, 3.63) is 23.9 Å². The van der Waals surface area contributed by atoms with Crippen LogP contribution in [0.15, 0.2) is 18.3 Å². The quantitative estimate of drug-likeness (QED) is 0.863. The molecule has 0 aliphatic heterocycles. The highest BCUT2D eigenvalue weighted by Gasteiger charge is 2.28. The smallest absolute Gasteiger partial charge is 0.359 e. The summed E-state index contributed by atoms with van der Waals surface area (Å²) in [6.45, 7) is 0.584. The number of hydrogen-bond donors (Lipinski definition) is 1. The number of hydrogen-bond acceptors (Lipinski definition) is 3. The molecule has 0 bridgehead atoms. The minimum atomic E-state index is -4.13. The standard InChI is InChI=1S/C13H18F3N3/c1-19(8-6-13(14,15)16)12-10(3-2-7-17-12)9-18-11-4-5-11/h2-3,7,11,18H,4-6,8-9H2,1H3. The summed E-state index contributed by atoms with van der Waals surface area (Å²) in [4.78, 5) is 5.76. The molecule has 1 fully saturated rings. The fourth-order valence-corrected chi connectivity index (χ4v) is 1.85. The predicted molar refractivity (Wildman–Crippen MR) is 68.0 cm³/mol. The summed E-state index contributed by atoms with van der Waals surface area (Å²) >= 11 is 0. The van der Waals surface area contributed by atoms with E-state index in [-0.39, 0.29) is 6.54 Å². The Kier molecular flexibility index (Phi) is 4.29. The summed E-state index contributed by atoms with van der Waals surface area (Å²) in [6.07, 6.45) is -0.982. The van der Waals surface area contributed by atoms with E-state index in [1.54, 1.807) is 18.1 Å². The van der Waals surface area contributed by atoms with Crippen molar-refractivity contribution in [3.63, 3.8) is 0 Å². The predicted octanol–water partition coefficient (Wildman–Crippen LogP) is 2.72. The van der Waals surface area contributed by atoms with Gasteiger partial charge < -0.3 is 10.2 Å². The highest BCUT2D eigenvalue weighted by molar-refractivity contribution is 5.45. The first-order chi connectivity index (χ1) is 8.96. The van der Waals surface area contributed by atoms with Crippen molar-refractivity contribution in [1.82, 2.24) is 10.3 Å². The fraction of sp³-hybridized carbons (Fsp3) is 0.615. The maximum atomic E-state index is 12.2. The summed E-state index contributed by atoms with van der Waals surface area (Å²) in [5, 5.41) is 3.35. The number of nitrogens with zero attached hydrogens (tertiary/aromatic N) is 2. The van der Waals surface area contributed by atoms with Gasteiger partial charge in [-0.3, -0.25) is 0 Å². The van der Waals surface area contributed by atoms with Crippen LogP contribution in [0.5, 0.6) is 0 Å². The molecule has 0 aromatic carbocycles. The van der Waals surface area contributed by atoms with Gasteiger partial charge in [-0.1, -0.05) is 6.07 Å². The van der Waals surface area contributed by atoms with Crippen LogP contribution in [0.3, 0.4) is 0 Å². The normalized spacial score (nSPS) is 15.6.